The van der Waals surface area contributed by atoms with Crippen molar-refractivity contribution in [3.05, 3.63) is 101 Å². The Morgan fingerprint density at radius 2 is 1.42 bits per heavy atom. The third-order valence-electron chi connectivity index (χ3n) is 5.51. The van der Waals surface area contributed by atoms with Gasteiger partial charge < -0.3 is 15.7 Å². The number of hydrogen-bond acceptors (Lipinski definition) is 4. The lowest BCUT2D eigenvalue weighted by Crippen LogP contribution is -2.24. The predicted molar refractivity (Wildman–Crippen MR) is 136 cm³/mol. The van der Waals surface area contributed by atoms with Crippen LogP contribution in [0.1, 0.15) is 27.6 Å². The standard InChI is InChI=1S/C27H18F4N2O4S/c1-13(25(34)33-24-22(30)19(28)12-20(29)23(24)31)38-16-8-4-7-15(11-16)32-26(35)17-9-2-5-14-6-3-10-18(21(14)17)27(36)37/h2-13H,1H3,(H,32,35)(H,33,34)(H,36,37). The number of halogens is 4. The van der Waals surface area contributed by atoms with E-state index >= 15 is 0 Å². The van der Waals surface area contributed by atoms with Crippen LogP contribution in [0.25, 0.3) is 10.8 Å². The Kier molecular flexibility index (Phi) is 7.67. The predicted octanol–water partition coefficient (Wildman–Crippen LogP) is 6.47. The second kappa shape index (κ2) is 10.9. The summed E-state index contributed by atoms with van der Waals surface area (Å²) in [4.78, 5) is 37.7. The molecule has 0 aliphatic carbocycles. The van der Waals surface area contributed by atoms with Gasteiger partial charge in [-0.15, -0.1) is 11.8 Å². The minimum absolute atomic E-state index is 0.0246. The van der Waals surface area contributed by atoms with E-state index in [4.69, 9.17) is 0 Å². The van der Waals surface area contributed by atoms with Crippen molar-refractivity contribution in [3.8, 4) is 0 Å². The van der Waals surface area contributed by atoms with Crippen LogP contribution in [-0.2, 0) is 4.79 Å². The Hall–Kier alpha value is -4.38. The second-order valence-electron chi connectivity index (χ2n) is 8.09. The molecule has 1 unspecified atom stereocenters. The van der Waals surface area contributed by atoms with Crippen LogP contribution in [0.5, 0.6) is 0 Å². The molecule has 0 bridgehead atoms. The summed E-state index contributed by atoms with van der Waals surface area (Å²) in [5.41, 5.74) is -0.764. The lowest BCUT2D eigenvalue weighted by Gasteiger charge is -2.14. The van der Waals surface area contributed by atoms with E-state index in [1.165, 1.54) is 19.1 Å². The van der Waals surface area contributed by atoms with Crippen LogP contribution in [-0.4, -0.2) is 28.1 Å². The highest BCUT2D eigenvalue weighted by Gasteiger charge is 2.24. The van der Waals surface area contributed by atoms with Gasteiger partial charge in [-0.25, -0.2) is 22.4 Å². The Morgan fingerprint density at radius 3 is 2.05 bits per heavy atom. The van der Waals surface area contributed by atoms with Crippen molar-refractivity contribution >= 4 is 51.7 Å². The summed E-state index contributed by atoms with van der Waals surface area (Å²) >= 11 is 0.964. The van der Waals surface area contributed by atoms with Crippen molar-refractivity contribution in [2.24, 2.45) is 0 Å². The van der Waals surface area contributed by atoms with Gasteiger partial charge in [0.2, 0.25) is 5.91 Å². The number of amides is 2. The zero-order valence-corrected chi connectivity index (χ0v) is 20.3. The molecule has 0 radical (unpaired) electrons. The molecule has 0 saturated heterocycles. The SMILES string of the molecule is CC(Sc1cccc(NC(=O)c2cccc3cccc(C(=O)O)c23)c1)C(=O)Nc1c(F)c(F)cc(F)c1F. The molecule has 4 aromatic carbocycles. The number of fused-ring (bicyclic) bond motifs is 1. The Labute approximate surface area is 217 Å². The maximum Gasteiger partial charge on any atom is 0.336 e. The minimum atomic E-state index is -1.72. The van der Waals surface area contributed by atoms with Crippen LogP contribution in [0, 0.1) is 23.3 Å². The van der Waals surface area contributed by atoms with E-state index in [2.05, 4.69) is 5.32 Å². The van der Waals surface area contributed by atoms with E-state index in [9.17, 15) is 37.1 Å². The molecule has 4 rings (SSSR count). The Balaban J connectivity index is 1.51. The molecule has 4 aromatic rings. The molecular weight excluding hydrogens is 524 g/mol. The van der Waals surface area contributed by atoms with Crippen molar-refractivity contribution in [3.63, 3.8) is 0 Å². The fourth-order valence-electron chi connectivity index (χ4n) is 3.72. The number of carbonyl (C=O) groups is 3. The first-order chi connectivity index (χ1) is 18.1. The van der Waals surface area contributed by atoms with Crippen molar-refractivity contribution in [2.45, 2.75) is 17.1 Å². The van der Waals surface area contributed by atoms with E-state index in [0.717, 1.165) is 11.8 Å². The van der Waals surface area contributed by atoms with Crippen molar-refractivity contribution in [2.75, 3.05) is 10.6 Å². The zero-order chi connectivity index (χ0) is 27.6. The van der Waals surface area contributed by atoms with Crippen LogP contribution < -0.4 is 10.6 Å². The molecule has 0 fully saturated rings. The molecule has 38 heavy (non-hydrogen) atoms. The molecule has 0 saturated carbocycles. The number of nitrogens with one attached hydrogen (secondary N) is 2. The summed E-state index contributed by atoms with van der Waals surface area (Å²) in [5, 5.41) is 14.0. The van der Waals surface area contributed by atoms with Crippen LogP contribution in [0.15, 0.2) is 71.6 Å². The average molecular weight is 543 g/mol. The highest BCUT2D eigenvalue weighted by molar-refractivity contribution is 8.00. The number of carboxylic acids is 1. The first-order valence-corrected chi connectivity index (χ1v) is 11.9. The largest absolute Gasteiger partial charge is 0.478 e. The van der Waals surface area contributed by atoms with Gasteiger partial charge in [0.1, 0.15) is 5.69 Å². The summed E-state index contributed by atoms with van der Waals surface area (Å²) in [7, 11) is 0. The van der Waals surface area contributed by atoms with Crippen molar-refractivity contribution in [1.82, 2.24) is 0 Å². The topological polar surface area (TPSA) is 95.5 Å². The average Bonchev–Trinajstić information content (AvgIpc) is 2.89. The van der Waals surface area contributed by atoms with E-state index in [1.54, 1.807) is 48.5 Å². The van der Waals surface area contributed by atoms with Gasteiger partial charge in [0.05, 0.1) is 10.8 Å². The van der Waals surface area contributed by atoms with E-state index in [-0.39, 0.29) is 22.6 Å². The lowest BCUT2D eigenvalue weighted by molar-refractivity contribution is -0.115. The smallest absolute Gasteiger partial charge is 0.336 e. The maximum atomic E-state index is 13.9. The summed E-state index contributed by atoms with van der Waals surface area (Å²) in [6.07, 6.45) is 0. The molecule has 194 valence electrons. The fraction of sp³-hybridized carbons (Fsp3) is 0.0741. The molecule has 0 spiro atoms. The summed E-state index contributed by atoms with van der Waals surface area (Å²) in [6, 6.07) is 15.9. The maximum absolute atomic E-state index is 13.9. The number of hydrogen-bond donors (Lipinski definition) is 3. The van der Waals surface area contributed by atoms with Crippen LogP contribution in [0.4, 0.5) is 28.9 Å². The molecule has 3 N–H and O–H groups in total. The van der Waals surface area contributed by atoms with E-state index < -0.39 is 52.0 Å². The molecule has 11 heteroatoms. The molecule has 6 nitrogen and oxygen atoms in total. The van der Waals surface area contributed by atoms with E-state index in [0.29, 0.717) is 16.0 Å². The van der Waals surface area contributed by atoms with Crippen LogP contribution in [0.2, 0.25) is 0 Å². The summed E-state index contributed by atoms with van der Waals surface area (Å²) in [5.74, 6) is -9.39. The molecule has 0 aliphatic rings. The van der Waals surface area contributed by atoms with Gasteiger partial charge >= 0.3 is 5.97 Å². The van der Waals surface area contributed by atoms with Crippen molar-refractivity contribution < 1.29 is 37.1 Å². The lowest BCUT2D eigenvalue weighted by atomic mass is 9.98. The quantitative estimate of drug-likeness (QED) is 0.141. The van der Waals surface area contributed by atoms with Gasteiger partial charge in [0, 0.05) is 27.6 Å². The Bertz CT molecular complexity index is 1560. The molecule has 1 atom stereocenters. The number of benzene rings is 4. The highest BCUT2D eigenvalue weighted by Crippen LogP contribution is 2.30. The fourth-order valence-corrected chi connectivity index (χ4v) is 4.65. The third kappa shape index (κ3) is 5.47. The second-order valence-corrected chi connectivity index (χ2v) is 9.50. The normalized spacial score (nSPS) is 11.7. The van der Waals surface area contributed by atoms with Gasteiger partial charge in [0.15, 0.2) is 23.3 Å². The minimum Gasteiger partial charge on any atom is -0.478 e. The monoisotopic (exact) mass is 542 g/mol. The number of carboxylic acid groups (broad SMARTS) is 1. The number of rotatable bonds is 7. The Morgan fingerprint density at radius 1 is 0.816 bits per heavy atom. The molecule has 0 aliphatic heterocycles. The summed E-state index contributed by atoms with van der Waals surface area (Å²) in [6.45, 7) is 1.42. The van der Waals surface area contributed by atoms with E-state index in [1.807, 2.05) is 5.32 Å². The molecular formula is C27H18F4N2O4S. The third-order valence-corrected chi connectivity index (χ3v) is 6.61. The molecule has 0 heterocycles. The first-order valence-electron chi connectivity index (χ1n) is 11.0. The number of thioether (sulfide) groups is 1. The van der Waals surface area contributed by atoms with Gasteiger partial charge in [0.25, 0.3) is 5.91 Å². The first kappa shape index (κ1) is 26.7. The molecule has 2 amide bonds. The molecule has 0 aromatic heterocycles. The van der Waals surface area contributed by atoms with Gasteiger partial charge in [-0.3, -0.25) is 9.59 Å². The number of anilines is 2. The van der Waals surface area contributed by atoms with Crippen LogP contribution in [0.3, 0.4) is 0 Å². The highest BCUT2D eigenvalue weighted by atomic mass is 32.2. The van der Waals surface area contributed by atoms with Crippen molar-refractivity contribution in [1.29, 1.82) is 0 Å². The number of aromatic carboxylic acids is 1. The van der Waals surface area contributed by atoms with Crippen LogP contribution >= 0.6 is 11.8 Å². The zero-order valence-electron chi connectivity index (χ0n) is 19.5. The van der Waals surface area contributed by atoms with Gasteiger partial charge in [-0.05, 0) is 42.6 Å². The van der Waals surface area contributed by atoms with Gasteiger partial charge in [-0.1, -0.05) is 30.3 Å². The summed E-state index contributed by atoms with van der Waals surface area (Å²) < 4.78 is 54.7. The van der Waals surface area contributed by atoms with Gasteiger partial charge in [-0.2, -0.15) is 0 Å². The number of carbonyl (C=O) groups excluding carboxylic acids is 2.